The van der Waals surface area contributed by atoms with Gasteiger partial charge in [0.1, 0.15) is 5.76 Å². The summed E-state index contributed by atoms with van der Waals surface area (Å²) in [4.78, 5) is 20.8. The monoisotopic (exact) mass is 224 g/mol. The van der Waals surface area contributed by atoms with Gasteiger partial charge in [-0.2, -0.15) is 0 Å². The van der Waals surface area contributed by atoms with E-state index in [9.17, 15) is 14.9 Å². The minimum atomic E-state index is -0.458. The molecule has 6 heteroatoms. The first-order chi connectivity index (χ1) is 7.63. The molecule has 1 aliphatic rings. The fraction of sp³-hybridized carbons (Fsp3) is 0.300. The second-order valence-electron chi connectivity index (χ2n) is 3.05. The minimum Gasteiger partial charge on any atom is -0.491 e. The summed E-state index contributed by atoms with van der Waals surface area (Å²) in [5.41, 5.74) is 0.432. The number of nitrogens with zero attached hydrogens (tertiary/aromatic N) is 1. The number of hydrogen-bond acceptors (Lipinski definition) is 4. The Kier molecular flexibility index (Phi) is 4.26. The predicted octanol–water partition coefficient (Wildman–Crippen LogP) is 0.753. The predicted molar refractivity (Wildman–Crippen MR) is 56.9 cm³/mol. The molecule has 1 heterocycles. The van der Waals surface area contributed by atoms with Gasteiger partial charge in [-0.1, -0.05) is 6.58 Å². The molecular weight excluding hydrogens is 212 g/mol. The number of hydrogen-bond donors (Lipinski definition) is 1. The molecule has 1 amide bonds. The lowest BCUT2D eigenvalue weighted by atomic mass is 10.3. The van der Waals surface area contributed by atoms with E-state index in [2.05, 4.69) is 11.9 Å². The van der Waals surface area contributed by atoms with E-state index in [0.29, 0.717) is 11.5 Å². The smallest absolute Gasteiger partial charge is 0.227 e. The van der Waals surface area contributed by atoms with E-state index >= 15 is 0 Å². The van der Waals surface area contributed by atoms with Crippen LogP contribution in [0.5, 0.6) is 0 Å². The van der Waals surface area contributed by atoms with Crippen LogP contribution in [0, 0.1) is 10.1 Å². The highest BCUT2D eigenvalue weighted by Crippen LogP contribution is 2.11. The molecule has 1 N–H and O–H groups in total. The highest BCUT2D eigenvalue weighted by molar-refractivity contribution is 5.79. The molecule has 0 aromatic heterocycles. The lowest BCUT2D eigenvalue weighted by Gasteiger charge is -2.05. The fourth-order valence-electron chi connectivity index (χ4n) is 1.14. The van der Waals surface area contributed by atoms with Crippen molar-refractivity contribution in [3.63, 3.8) is 0 Å². The Morgan fingerprint density at radius 3 is 3.00 bits per heavy atom. The van der Waals surface area contributed by atoms with Crippen LogP contribution in [-0.4, -0.2) is 24.0 Å². The molecule has 0 radical (unpaired) electrons. The minimum absolute atomic E-state index is 0.160. The molecule has 0 bridgehead atoms. The van der Waals surface area contributed by atoms with Crippen LogP contribution < -0.4 is 5.32 Å². The number of carbonyl (C=O) groups is 1. The molecule has 86 valence electrons. The van der Waals surface area contributed by atoms with E-state index in [-0.39, 0.29) is 25.5 Å². The highest BCUT2D eigenvalue weighted by Gasteiger charge is 2.12. The summed E-state index contributed by atoms with van der Waals surface area (Å²) in [5, 5.41) is 12.7. The Morgan fingerprint density at radius 2 is 2.38 bits per heavy atom. The van der Waals surface area contributed by atoms with Crippen LogP contribution in [0.1, 0.15) is 6.42 Å². The number of nitro groups is 1. The van der Waals surface area contributed by atoms with Gasteiger partial charge in [0.05, 0.1) is 18.7 Å². The summed E-state index contributed by atoms with van der Waals surface area (Å²) in [5.74, 6) is 0.232. The molecule has 0 spiro atoms. The van der Waals surface area contributed by atoms with Crippen LogP contribution in [0.15, 0.2) is 36.3 Å². The van der Waals surface area contributed by atoms with E-state index < -0.39 is 4.92 Å². The number of amides is 1. The van der Waals surface area contributed by atoms with Crippen molar-refractivity contribution in [1.82, 2.24) is 5.32 Å². The van der Waals surface area contributed by atoms with Crippen LogP contribution in [0.4, 0.5) is 0 Å². The molecule has 1 aliphatic heterocycles. The van der Waals surface area contributed by atoms with Gasteiger partial charge in [-0.25, -0.2) is 0 Å². The Labute approximate surface area is 92.4 Å². The van der Waals surface area contributed by atoms with Gasteiger partial charge < -0.3 is 10.1 Å². The number of rotatable bonds is 4. The second-order valence-corrected chi connectivity index (χ2v) is 3.05. The van der Waals surface area contributed by atoms with Crippen molar-refractivity contribution in [3.05, 3.63) is 46.4 Å². The molecule has 0 unspecified atom stereocenters. The van der Waals surface area contributed by atoms with Crippen molar-refractivity contribution in [2.75, 3.05) is 13.2 Å². The number of nitrogens with one attached hydrogen (secondary N) is 1. The van der Waals surface area contributed by atoms with Gasteiger partial charge in [0.15, 0.2) is 0 Å². The molecule has 0 aromatic carbocycles. The topological polar surface area (TPSA) is 81.5 Å². The van der Waals surface area contributed by atoms with Gasteiger partial charge in [-0.15, -0.1) is 0 Å². The highest BCUT2D eigenvalue weighted by atomic mass is 16.6. The van der Waals surface area contributed by atoms with Crippen molar-refractivity contribution in [2.45, 2.75) is 6.42 Å². The normalized spacial score (nSPS) is 16.6. The van der Waals surface area contributed by atoms with Crippen molar-refractivity contribution in [3.8, 4) is 0 Å². The van der Waals surface area contributed by atoms with Gasteiger partial charge >= 0.3 is 0 Å². The molecule has 16 heavy (non-hydrogen) atoms. The van der Waals surface area contributed by atoms with Gasteiger partial charge in [-0.3, -0.25) is 14.9 Å². The zero-order valence-electron chi connectivity index (χ0n) is 8.64. The first-order valence-corrected chi connectivity index (χ1v) is 4.71. The summed E-state index contributed by atoms with van der Waals surface area (Å²) < 4.78 is 5.27. The van der Waals surface area contributed by atoms with Crippen LogP contribution in [-0.2, 0) is 9.53 Å². The number of allylic oxidation sites excluding steroid dienone is 2. The summed E-state index contributed by atoms with van der Waals surface area (Å²) in [6.07, 6.45) is 4.51. The van der Waals surface area contributed by atoms with E-state index in [0.717, 1.165) is 0 Å². The largest absolute Gasteiger partial charge is 0.491 e. The maximum absolute atomic E-state index is 11.2. The average molecular weight is 224 g/mol. The van der Waals surface area contributed by atoms with Gasteiger partial charge in [0, 0.05) is 4.92 Å². The van der Waals surface area contributed by atoms with Gasteiger partial charge in [-0.05, 0) is 18.2 Å². The Balaban J connectivity index is 2.79. The quantitative estimate of drug-likeness (QED) is 0.564. The lowest BCUT2D eigenvalue weighted by molar-refractivity contribution is -0.468. The van der Waals surface area contributed by atoms with Crippen molar-refractivity contribution in [2.24, 2.45) is 0 Å². The molecule has 0 atom stereocenters. The Bertz CT molecular complexity index is 371. The molecule has 0 aromatic rings. The lowest BCUT2D eigenvalue weighted by Crippen LogP contribution is -2.20. The van der Waals surface area contributed by atoms with E-state index in [1.54, 1.807) is 0 Å². The first-order valence-electron chi connectivity index (χ1n) is 4.71. The summed E-state index contributed by atoms with van der Waals surface area (Å²) in [6.45, 7) is 3.50. The summed E-state index contributed by atoms with van der Waals surface area (Å²) >= 11 is 0. The molecule has 0 fully saturated rings. The van der Waals surface area contributed by atoms with Gasteiger partial charge in [0.25, 0.3) is 0 Å². The van der Waals surface area contributed by atoms with Crippen molar-refractivity contribution in [1.29, 1.82) is 0 Å². The molecule has 6 nitrogen and oxygen atoms in total. The van der Waals surface area contributed by atoms with Crippen LogP contribution in [0.3, 0.4) is 0 Å². The Hall–Kier alpha value is -2.11. The van der Waals surface area contributed by atoms with E-state index in [1.165, 1.54) is 18.2 Å². The standard InChI is InChI=1S/C10H12N2O4/c1-2-8-9(4-3-6-12(14)15)16-7-5-10(13)11-8/h2-4H,1,5-7H2,(H,11,13)/b4-3-. The van der Waals surface area contributed by atoms with Gasteiger partial charge in [0.2, 0.25) is 12.5 Å². The molecule has 0 saturated heterocycles. The number of carbonyl (C=O) groups excluding carboxylic acids is 1. The zero-order valence-corrected chi connectivity index (χ0v) is 8.64. The third-order valence-electron chi connectivity index (χ3n) is 1.85. The maximum Gasteiger partial charge on any atom is 0.227 e. The molecule has 1 rings (SSSR count). The van der Waals surface area contributed by atoms with Crippen molar-refractivity contribution < 1.29 is 14.5 Å². The average Bonchev–Trinajstić information content (AvgIpc) is 2.40. The van der Waals surface area contributed by atoms with Crippen LogP contribution in [0.2, 0.25) is 0 Å². The Morgan fingerprint density at radius 1 is 1.62 bits per heavy atom. The molecular formula is C10H12N2O4. The van der Waals surface area contributed by atoms with Crippen molar-refractivity contribution >= 4 is 5.91 Å². The SMILES string of the molecule is C=CC1=C(/C=C\C[N+](=O)[O-])OCCC(=O)N1. The zero-order chi connectivity index (χ0) is 12.0. The third kappa shape index (κ3) is 3.56. The van der Waals surface area contributed by atoms with Crippen LogP contribution in [0.25, 0.3) is 0 Å². The molecule has 0 aliphatic carbocycles. The van der Waals surface area contributed by atoms with Crippen LogP contribution >= 0.6 is 0 Å². The maximum atomic E-state index is 11.2. The van der Waals surface area contributed by atoms with E-state index in [4.69, 9.17) is 4.74 Å². The second kappa shape index (κ2) is 5.69. The number of ether oxygens (including phenoxy) is 1. The molecule has 0 saturated carbocycles. The van der Waals surface area contributed by atoms with E-state index in [1.807, 2.05) is 0 Å². The first kappa shape index (κ1) is 12.0. The fourth-order valence-corrected chi connectivity index (χ4v) is 1.14. The summed E-state index contributed by atoms with van der Waals surface area (Å²) in [6, 6.07) is 0. The third-order valence-corrected chi connectivity index (χ3v) is 1.85. The summed E-state index contributed by atoms with van der Waals surface area (Å²) in [7, 11) is 0.